The smallest absolute Gasteiger partial charge is 0.307 e. The lowest BCUT2D eigenvalue weighted by atomic mass is 10.0. The minimum atomic E-state index is -0.725. The highest BCUT2D eigenvalue weighted by atomic mass is 32.2. The van der Waals surface area contributed by atoms with Crippen LogP contribution in [0.2, 0.25) is 0 Å². The summed E-state index contributed by atoms with van der Waals surface area (Å²) >= 11 is 1.53. The van der Waals surface area contributed by atoms with Crippen LogP contribution in [0, 0.1) is 11.8 Å². The van der Waals surface area contributed by atoms with Crippen LogP contribution in [0.4, 0.5) is 0 Å². The molecule has 0 aliphatic rings. The highest BCUT2D eigenvalue weighted by molar-refractivity contribution is 7.99. The molecule has 2 N–H and O–H groups in total. The summed E-state index contributed by atoms with van der Waals surface area (Å²) in [5.41, 5.74) is 0. The molecular formula is C32H62O4S. The molecule has 0 aromatic heterocycles. The van der Waals surface area contributed by atoms with Crippen LogP contribution in [0.1, 0.15) is 168 Å². The van der Waals surface area contributed by atoms with Crippen molar-refractivity contribution in [1.82, 2.24) is 0 Å². The van der Waals surface area contributed by atoms with E-state index in [-0.39, 0.29) is 11.8 Å². The van der Waals surface area contributed by atoms with Crippen molar-refractivity contribution in [2.75, 3.05) is 11.5 Å². The number of thioether (sulfide) groups is 1. The van der Waals surface area contributed by atoms with Gasteiger partial charge in [-0.3, -0.25) is 9.59 Å². The predicted octanol–water partition coefficient (Wildman–Crippen LogP) is 10.5. The SMILES string of the molecule is CCCCCCCCCCCCCC(CSCC(CCCCCCCCCCCCC)C(=O)O)C(=O)O. The van der Waals surface area contributed by atoms with Gasteiger partial charge in [0.15, 0.2) is 0 Å². The Morgan fingerprint density at radius 3 is 0.946 bits per heavy atom. The summed E-state index contributed by atoms with van der Waals surface area (Å²) in [6, 6.07) is 0. The Hall–Kier alpha value is -0.710. The molecule has 0 aromatic carbocycles. The van der Waals surface area contributed by atoms with Crippen LogP contribution in [0.3, 0.4) is 0 Å². The van der Waals surface area contributed by atoms with Gasteiger partial charge in [0.25, 0.3) is 0 Å². The number of hydrogen-bond acceptors (Lipinski definition) is 3. The van der Waals surface area contributed by atoms with Crippen molar-refractivity contribution in [3.8, 4) is 0 Å². The number of carboxylic acid groups (broad SMARTS) is 2. The van der Waals surface area contributed by atoms with Crippen molar-refractivity contribution < 1.29 is 19.8 Å². The lowest BCUT2D eigenvalue weighted by Gasteiger charge is -2.15. The van der Waals surface area contributed by atoms with E-state index in [1.807, 2.05) is 0 Å². The molecule has 0 fully saturated rings. The summed E-state index contributed by atoms with van der Waals surface area (Å²) < 4.78 is 0. The molecule has 2 atom stereocenters. The second-order valence-electron chi connectivity index (χ2n) is 11.3. The highest BCUT2D eigenvalue weighted by Crippen LogP contribution is 2.22. The summed E-state index contributed by atoms with van der Waals surface area (Å²) in [6.45, 7) is 4.50. The number of carboxylic acids is 2. The zero-order chi connectivity index (χ0) is 27.4. The average molecular weight is 543 g/mol. The van der Waals surface area contributed by atoms with E-state index in [9.17, 15) is 19.8 Å². The van der Waals surface area contributed by atoms with E-state index in [1.165, 1.54) is 127 Å². The van der Waals surface area contributed by atoms with Gasteiger partial charge in [-0.1, -0.05) is 155 Å². The van der Waals surface area contributed by atoms with Crippen LogP contribution in [0.5, 0.6) is 0 Å². The lowest BCUT2D eigenvalue weighted by molar-refractivity contribution is -0.141. The van der Waals surface area contributed by atoms with E-state index >= 15 is 0 Å². The Labute approximate surface area is 234 Å². The molecule has 220 valence electrons. The molecule has 0 saturated carbocycles. The molecule has 0 aliphatic carbocycles. The van der Waals surface area contributed by atoms with Crippen molar-refractivity contribution in [2.24, 2.45) is 11.8 Å². The number of rotatable bonds is 30. The van der Waals surface area contributed by atoms with E-state index < -0.39 is 11.9 Å². The van der Waals surface area contributed by atoms with Crippen molar-refractivity contribution in [3.63, 3.8) is 0 Å². The molecule has 0 saturated heterocycles. The number of aliphatic carboxylic acids is 2. The Kier molecular flexibility index (Phi) is 27.8. The minimum absolute atomic E-state index is 0.347. The first-order chi connectivity index (χ1) is 18.0. The van der Waals surface area contributed by atoms with Gasteiger partial charge in [-0.15, -0.1) is 0 Å². The molecule has 0 heterocycles. The summed E-state index contributed by atoms with van der Waals surface area (Å²) in [7, 11) is 0. The normalized spacial score (nSPS) is 13.0. The van der Waals surface area contributed by atoms with Gasteiger partial charge < -0.3 is 10.2 Å². The Balaban J connectivity index is 3.82. The predicted molar refractivity (Wildman–Crippen MR) is 162 cm³/mol. The van der Waals surface area contributed by atoms with Gasteiger partial charge in [-0.2, -0.15) is 11.8 Å². The van der Waals surface area contributed by atoms with Gasteiger partial charge in [0, 0.05) is 11.5 Å². The van der Waals surface area contributed by atoms with Crippen LogP contribution < -0.4 is 0 Å². The molecule has 37 heavy (non-hydrogen) atoms. The fourth-order valence-electron chi connectivity index (χ4n) is 5.02. The van der Waals surface area contributed by atoms with Crippen molar-refractivity contribution >= 4 is 23.7 Å². The molecule has 0 rings (SSSR count). The molecular weight excluding hydrogens is 480 g/mol. The van der Waals surface area contributed by atoms with Crippen molar-refractivity contribution in [3.05, 3.63) is 0 Å². The zero-order valence-electron chi connectivity index (χ0n) is 24.7. The van der Waals surface area contributed by atoms with Crippen LogP contribution in [0.25, 0.3) is 0 Å². The van der Waals surface area contributed by atoms with Crippen molar-refractivity contribution in [1.29, 1.82) is 0 Å². The molecule has 2 unspecified atom stereocenters. The summed E-state index contributed by atoms with van der Waals surface area (Å²) in [5.74, 6) is -1.07. The maximum atomic E-state index is 11.7. The second kappa shape index (κ2) is 28.3. The van der Waals surface area contributed by atoms with Gasteiger partial charge in [-0.05, 0) is 12.8 Å². The van der Waals surface area contributed by atoms with Crippen molar-refractivity contribution in [2.45, 2.75) is 168 Å². The van der Waals surface area contributed by atoms with Crippen LogP contribution in [-0.2, 0) is 9.59 Å². The zero-order valence-corrected chi connectivity index (χ0v) is 25.5. The monoisotopic (exact) mass is 542 g/mol. The number of hydrogen-bond donors (Lipinski definition) is 2. The topological polar surface area (TPSA) is 74.6 Å². The highest BCUT2D eigenvalue weighted by Gasteiger charge is 2.21. The van der Waals surface area contributed by atoms with Crippen LogP contribution in [0.15, 0.2) is 0 Å². The molecule has 0 aliphatic heterocycles. The van der Waals surface area contributed by atoms with Gasteiger partial charge in [0.2, 0.25) is 0 Å². The van der Waals surface area contributed by atoms with E-state index in [1.54, 1.807) is 0 Å². The van der Waals surface area contributed by atoms with Crippen LogP contribution in [-0.4, -0.2) is 33.7 Å². The molecule has 5 heteroatoms. The van der Waals surface area contributed by atoms with Crippen LogP contribution >= 0.6 is 11.8 Å². The lowest BCUT2D eigenvalue weighted by Crippen LogP contribution is -2.20. The molecule has 0 bridgehead atoms. The Bertz CT molecular complexity index is 467. The summed E-state index contributed by atoms with van der Waals surface area (Å²) in [6.07, 6.45) is 29.3. The van der Waals surface area contributed by atoms with Gasteiger partial charge in [-0.25, -0.2) is 0 Å². The summed E-state index contributed by atoms with van der Waals surface area (Å²) in [4.78, 5) is 23.4. The maximum Gasteiger partial charge on any atom is 0.307 e. The standard InChI is InChI=1S/C32H62O4S/c1-3-5-7-9-11-13-15-17-19-21-23-25-29(31(33)34)27-37-28-30(32(35)36)26-24-22-20-18-16-14-12-10-8-6-4-2/h29-30H,3-28H2,1-2H3,(H,33,34)(H,35,36). The molecule has 4 nitrogen and oxygen atoms in total. The fraction of sp³-hybridized carbons (Fsp3) is 0.938. The number of carbonyl (C=O) groups is 2. The fourth-order valence-corrected chi connectivity index (χ4v) is 6.34. The van der Waals surface area contributed by atoms with E-state index in [0.717, 1.165) is 38.5 Å². The van der Waals surface area contributed by atoms with E-state index in [2.05, 4.69) is 13.8 Å². The largest absolute Gasteiger partial charge is 0.481 e. The third-order valence-corrected chi connectivity index (χ3v) is 8.92. The quantitative estimate of drug-likeness (QED) is 0.0883. The Morgan fingerprint density at radius 2 is 0.703 bits per heavy atom. The molecule has 0 radical (unpaired) electrons. The molecule has 0 aromatic rings. The maximum absolute atomic E-state index is 11.7. The van der Waals surface area contributed by atoms with E-state index in [0.29, 0.717) is 11.5 Å². The first-order valence-electron chi connectivity index (χ1n) is 16.1. The molecule has 0 amide bonds. The second-order valence-corrected chi connectivity index (χ2v) is 12.3. The summed E-state index contributed by atoms with van der Waals surface area (Å²) in [5, 5.41) is 19.2. The van der Waals surface area contributed by atoms with Gasteiger partial charge >= 0.3 is 11.9 Å². The number of unbranched alkanes of at least 4 members (excludes halogenated alkanes) is 20. The first kappa shape index (κ1) is 36.3. The average Bonchev–Trinajstić information content (AvgIpc) is 2.87. The van der Waals surface area contributed by atoms with Gasteiger partial charge in [0.1, 0.15) is 0 Å². The molecule has 0 spiro atoms. The third kappa shape index (κ3) is 25.3. The third-order valence-electron chi connectivity index (χ3n) is 7.65. The Morgan fingerprint density at radius 1 is 0.459 bits per heavy atom. The van der Waals surface area contributed by atoms with E-state index in [4.69, 9.17) is 0 Å². The minimum Gasteiger partial charge on any atom is -0.481 e. The first-order valence-corrected chi connectivity index (χ1v) is 17.2. The van der Waals surface area contributed by atoms with Gasteiger partial charge in [0.05, 0.1) is 11.8 Å².